The monoisotopic (exact) mass is 274 g/mol. The zero-order valence-electron chi connectivity index (χ0n) is 9.16. The maximum Gasteiger partial charge on any atom is 0.101 e. The summed E-state index contributed by atoms with van der Waals surface area (Å²) in [4.78, 5) is 0. The van der Waals surface area contributed by atoms with Crippen LogP contribution in [0, 0.1) is 18.3 Å². The molecule has 0 unspecified atom stereocenters. The second-order valence-corrected chi connectivity index (χ2v) is 4.53. The molecule has 0 aliphatic heterocycles. The van der Waals surface area contributed by atoms with Crippen molar-refractivity contribution in [2.24, 2.45) is 7.05 Å². The minimum atomic E-state index is 0.730. The highest BCUT2D eigenvalue weighted by Crippen LogP contribution is 2.30. The molecule has 0 radical (unpaired) electrons. The van der Waals surface area contributed by atoms with Crippen LogP contribution in [-0.4, -0.2) is 4.57 Å². The first-order valence-corrected chi connectivity index (χ1v) is 5.75. The second-order valence-electron chi connectivity index (χ2n) is 3.68. The number of aromatic nitrogens is 1. The highest BCUT2D eigenvalue weighted by molar-refractivity contribution is 9.10. The van der Waals surface area contributed by atoms with Crippen molar-refractivity contribution in [1.82, 2.24) is 4.57 Å². The number of rotatable bonds is 1. The van der Waals surface area contributed by atoms with E-state index in [1.165, 1.54) is 0 Å². The third-order valence-electron chi connectivity index (χ3n) is 2.81. The van der Waals surface area contributed by atoms with Crippen molar-refractivity contribution >= 4 is 15.9 Å². The highest BCUT2D eigenvalue weighted by Gasteiger charge is 2.11. The largest absolute Gasteiger partial charge is 0.347 e. The van der Waals surface area contributed by atoms with Crippen LogP contribution in [0.25, 0.3) is 11.3 Å². The number of nitriles is 1. The minimum Gasteiger partial charge on any atom is -0.347 e. The topological polar surface area (TPSA) is 28.7 Å². The third kappa shape index (κ3) is 1.66. The van der Waals surface area contributed by atoms with Gasteiger partial charge in [-0.2, -0.15) is 5.26 Å². The Labute approximate surface area is 103 Å². The summed E-state index contributed by atoms with van der Waals surface area (Å²) < 4.78 is 3.08. The Hall–Kier alpha value is -1.53. The normalized spacial score (nSPS) is 10.1. The van der Waals surface area contributed by atoms with Gasteiger partial charge in [0.25, 0.3) is 0 Å². The number of halogens is 1. The zero-order chi connectivity index (χ0) is 11.7. The molecule has 0 N–H and O–H groups in total. The molecule has 16 heavy (non-hydrogen) atoms. The van der Waals surface area contributed by atoms with Crippen molar-refractivity contribution in [1.29, 1.82) is 5.26 Å². The van der Waals surface area contributed by atoms with Gasteiger partial charge in [-0.3, -0.25) is 0 Å². The molecule has 0 aliphatic carbocycles. The van der Waals surface area contributed by atoms with Crippen LogP contribution in [0.2, 0.25) is 0 Å². The van der Waals surface area contributed by atoms with E-state index in [1.54, 1.807) is 0 Å². The fraction of sp³-hybridized carbons (Fsp3) is 0.154. The number of benzene rings is 1. The van der Waals surface area contributed by atoms with E-state index in [-0.39, 0.29) is 0 Å². The fourth-order valence-electron chi connectivity index (χ4n) is 1.74. The van der Waals surface area contributed by atoms with Crippen LogP contribution in [0.5, 0.6) is 0 Å². The molecule has 1 aromatic heterocycles. The Morgan fingerprint density at radius 2 is 2.00 bits per heavy atom. The van der Waals surface area contributed by atoms with Crippen molar-refractivity contribution in [3.8, 4) is 17.3 Å². The second kappa shape index (κ2) is 4.15. The minimum absolute atomic E-state index is 0.730. The van der Waals surface area contributed by atoms with E-state index in [0.29, 0.717) is 0 Å². The molecule has 2 nitrogen and oxygen atoms in total. The predicted molar refractivity (Wildman–Crippen MR) is 68.0 cm³/mol. The van der Waals surface area contributed by atoms with E-state index in [1.807, 2.05) is 48.9 Å². The van der Waals surface area contributed by atoms with E-state index in [9.17, 15) is 0 Å². The van der Waals surface area contributed by atoms with Gasteiger partial charge in [0.1, 0.15) is 6.07 Å². The van der Waals surface area contributed by atoms with Gasteiger partial charge in [-0.05, 0) is 19.1 Å². The molecule has 0 spiro atoms. The van der Waals surface area contributed by atoms with Gasteiger partial charge in [0, 0.05) is 22.8 Å². The van der Waals surface area contributed by atoms with Gasteiger partial charge in [0.05, 0.1) is 11.3 Å². The average molecular weight is 275 g/mol. The molecule has 1 heterocycles. The maximum absolute atomic E-state index is 9.00. The molecule has 2 rings (SSSR count). The molecular weight excluding hydrogens is 264 g/mol. The lowest BCUT2D eigenvalue weighted by atomic mass is 10.1. The Bertz CT molecular complexity index is 576. The van der Waals surface area contributed by atoms with Gasteiger partial charge in [-0.15, -0.1) is 0 Å². The molecule has 0 fully saturated rings. The first-order chi connectivity index (χ1) is 7.65. The van der Waals surface area contributed by atoms with E-state index in [4.69, 9.17) is 5.26 Å². The average Bonchev–Trinajstić information content (AvgIpc) is 2.57. The summed E-state index contributed by atoms with van der Waals surface area (Å²) in [5.74, 6) is 0. The van der Waals surface area contributed by atoms with Gasteiger partial charge >= 0.3 is 0 Å². The summed E-state index contributed by atoms with van der Waals surface area (Å²) in [6.45, 7) is 1.96. The Morgan fingerprint density at radius 1 is 1.31 bits per heavy atom. The lowest BCUT2D eigenvalue weighted by Crippen LogP contribution is -1.94. The van der Waals surface area contributed by atoms with Crippen molar-refractivity contribution < 1.29 is 0 Å². The van der Waals surface area contributed by atoms with Gasteiger partial charge < -0.3 is 4.57 Å². The standard InChI is InChI=1S/C13H11BrN2/c1-9-10(8-15)7-13(16(9)2)11-5-3-4-6-12(11)14/h3-7H,1-2H3. The van der Waals surface area contributed by atoms with E-state index in [2.05, 4.69) is 22.0 Å². The van der Waals surface area contributed by atoms with Crippen molar-refractivity contribution in [2.75, 3.05) is 0 Å². The van der Waals surface area contributed by atoms with E-state index < -0.39 is 0 Å². The van der Waals surface area contributed by atoms with Gasteiger partial charge in [-0.25, -0.2) is 0 Å². The lowest BCUT2D eigenvalue weighted by Gasteiger charge is -2.06. The molecule has 80 valence electrons. The van der Waals surface area contributed by atoms with Gasteiger partial charge in [0.15, 0.2) is 0 Å². The van der Waals surface area contributed by atoms with Crippen LogP contribution >= 0.6 is 15.9 Å². The Balaban J connectivity index is 2.67. The van der Waals surface area contributed by atoms with Gasteiger partial charge in [-0.1, -0.05) is 34.1 Å². The lowest BCUT2D eigenvalue weighted by molar-refractivity contribution is 0.888. The molecule has 0 bridgehead atoms. The van der Waals surface area contributed by atoms with Gasteiger partial charge in [0.2, 0.25) is 0 Å². The van der Waals surface area contributed by atoms with Crippen LogP contribution < -0.4 is 0 Å². The van der Waals surface area contributed by atoms with Crippen molar-refractivity contribution in [3.05, 3.63) is 46.1 Å². The number of nitrogens with zero attached hydrogens (tertiary/aromatic N) is 2. The molecule has 2 aromatic rings. The molecule has 1 aromatic carbocycles. The molecule has 3 heteroatoms. The quantitative estimate of drug-likeness (QED) is 0.781. The number of hydrogen-bond acceptors (Lipinski definition) is 1. The summed E-state index contributed by atoms with van der Waals surface area (Å²) in [6, 6.07) is 12.2. The van der Waals surface area contributed by atoms with E-state index in [0.717, 1.165) is 27.0 Å². The molecule has 0 saturated carbocycles. The fourth-order valence-corrected chi connectivity index (χ4v) is 2.23. The van der Waals surface area contributed by atoms with Crippen LogP contribution in [0.1, 0.15) is 11.3 Å². The summed E-state index contributed by atoms with van der Waals surface area (Å²) in [5.41, 5.74) is 3.89. The first kappa shape index (κ1) is 11.0. The summed E-state index contributed by atoms with van der Waals surface area (Å²) >= 11 is 3.53. The maximum atomic E-state index is 9.00. The van der Waals surface area contributed by atoms with E-state index >= 15 is 0 Å². The SMILES string of the molecule is Cc1c(C#N)cc(-c2ccccc2Br)n1C. The summed E-state index contributed by atoms with van der Waals surface area (Å²) in [7, 11) is 1.98. The summed E-state index contributed by atoms with van der Waals surface area (Å²) in [5, 5.41) is 9.00. The van der Waals surface area contributed by atoms with Crippen LogP contribution in [0.4, 0.5) is 0 Å². The Morgan fingerprint density at radius 3 is 2.56 bits per heavy atom. The molecule has 0 amide bonds. The molecule has 0 saturated heterocycles. The van der Waals surface area contributed by atoms with Crippen LogP contribution in [0.3, 0.4) is 0 Å². The predicted octanol–water partition coefficient (Wildman–Crippen LogP) is 3.63. The highest BCUT2D eigenvalue weighted by atomic mass is 79.9. The van der Waals surface area contributed by atoms with Crippen LogP contribution in [0.15, 0.2) is 34.8 Å². The first-order valence-electron chi connectivity index (χ1n) is 4.96. The molecule has 0 atom stereocenters. The van der Waals surface area contributed by atoms with Crippen LogP contribution in [-0.2, 0) is 7.05 Å². The zero-order valence-corrected chi connectivity index (χ0v) is 10.7. The Kier molecular flexibility index (Phi) is 2.84. The summed E-state index contributed by atoms with van der Waals surface area (Å²) in [6.07, 6.45) is 0. The third-order valence-corrected chi connectivity index (χ3v) is 3.50. The molecule has 0 aliphatic rings. The van der Waals surface area contributed by atoms with Crippen molar-refractivity contribution in [2.45, 2.75) is 6.92 Å². The smallest absolute Gasteiger partial charge is 0.101 e. The molecular formula is C13H11BrN2. The number of hydrogen-bond donors (Lipinski definition) is 0. The van der Waals surface area contributed by atoms with Crippen molar-refractivity contribution in [3.63, 3.8) is 0 Å².